The number of ether oxygens (including phenoxy) is 1. The van der Waals surface area contributed by atoms with Crippen molar-refractivity contribution in [3.05, 3.63) is 59.7 Å². The van der Waals surface area contributed by atoms with Gasteiger partial charge in [-0.3, -0.25) is 0 Å². The van der Waals surface area contributed by atoms with Crippen molar-refractivity contribution in [2.45, 2.75) is 38.5 Å². The van der Waals surface area contributed by atoms with Gasteiger partial charge in [0, 0.05) is 0 Å². The van der Waals surface area contributed by atoms with Crippen LogP contribution in [0.15, 0.2) is 48.5 Å². The zero-order chi connectivity index (χ0) is 16.3. The van der Waals surface area contributed by atoms with Gasteiger partial charge >= 0.3 is 0 Å². The molecule has 0 spiro atoms. The van der Waals surface area contributed by atoms with Crippen molar-refractivity contribution in [1.82, 2.24) is 0 Å². The summed E-state index contributed by atoms with van der Waals surface area (Å²) >= 11 is 4.88. The average Bonchev–Trinajstić information content (AvgIpc) is 2.58. The molecule has 0 saturated heterocycles. The third-order valence-corrected chi connectivity index (χ3v) is 5.31. The average molecular weight is 534 g/mol. The Morgan fingerprint density at radius 1 is 0.565 bits per heavy atom. The van der Waals surface area contributed by atoms with Crippen LogP contribution in [0.2, 0.25) is 0 Å². The number of unbranched alkanes of at least 4 members (excludes halogenated alkanes) is 2. The van der Waals surface area contributed by atoms with Gasteiger partial charge < -0.3 is 4.74 Å². The summed E-state index contributed by atoms with van der Waals surface area (Å²) in [6.45, 7) is 0. The number of alkyl halides is 2. The van der Waals surface area contributed by atoms with Crippen LogP contribution in [-0.2, 0) is 12.8 Å². The minimum atomic E-state index is 0.917. The summed E-state index contributed by atoms with van der Waals surface area (Å²) in [4.78, 5) is 0. The number of halogens is 2. The number of aryl methyl sites for hydroxylation is 2. The highest BCUT2D eigenvalue weighted by molar-refractivity contribution is 14.1. The number of hydrogen-bond donors (Lipinski definition) is 0. The summed E-state index contributed by atoms with van der Waals surface area (Å²) in [6.07, 6.45) is 7.45. The predicted octanol–water partition coefficient (Wildman–Crippen LogP) is 6.99. The minimum Gasteiger partial charge on any atom is -0.457 e. The molecule has 2 rings (SSSR count). The Morgan fingerprint density at radius 2 is 0.957 bits per heavy atom. The van der Waals surface area contributed by atoms with Gasteiger partial charge in [0.15, 0.2) is 0 Å². The molecule has 124 valence electrons. The van der Waals surface area contributed by atoms with Gasteiger partial charge in [-0.05, 0) is 82.8 Å². The number of hydrogen-bond acceptors (Lipinski definition) is 1. The molecule has 2 aromatic carbocycles. The Hall–Kier alpha value is -0.300. The van der Waals surface area contributed by atoms with Gasteiger partial charge in [0.1, 0.15) is 11.5 Å². The molecule has 0 saturated carbocycles. The van der Waals surface area contributed by atoms with Gasteiger partial charge in [-0.15, -0.1) is 0 Å². The zero-order valence-electron chi connectivity index (χ0n) is 13.4. The lowest BCUT2D eigenvalue weighted by atomic mass is 10.1. The summed E-state index contributed by atoms with van der Waals surface area (Å²) < 4.78 is 8.42. The molecule has 0 aliphatic rings. The molecule has 0 heterocycles. The van der Waals surface area contributed by atoms with E-state index < -0.39 is 0 Å². The van der Waals surface area contributed by atoms with Crippen LogP contribution in [0.25, 0.3) is 0 Å². The standard InChI is InChI=1S/C20H24I2O/c21-15-3-1-5-17-7-11-19(12-8-17)23-20-13-9-18(10-14-20)6-2-4-16-22/h7-14H,1-6,15-16H2. The fourth-order valence-corrected chi connectivity index (χ4v) is 3.51. The van der Waals surface area contributed by atoms with Crippen LogP contribution >= 0.6 is 45.2 Å². The molecule has 2 aromatic rings. The van der Waals surface area contributed by atoms with Crippen LogP contribution in [-0.4, -0.2) is 8.86 Å². The number of benzene rings is 2. The normalized spacial score (nSPS) is 10.7. The van der Waals surface area contributed by atoms with Gasteiger partial charge in [0.2, 0.25) is 0 Å². The van der Waals surface area contributed by atoms with Crippen molar-refractivity contribution in [3.63, 3.8) is 0 Å². The van der Waals surface area contributed by atoms with Crippen molar-refractivity contribution in [1.29, 1.82) is 0 Å². The first kappa shape index (κ1) is 19.0. The quantitative estimate of drug-likeness (QED) is 0.181. The Bertz CT molecular complexity index is 497. The Morgan fingerprint density at radius 3 is 1.30 bits per heavy atom. The van der Waals surface area contributed by atoms with E-state index in [9.17, 15) is 0 Å². The maximum Gasteiger partial charge on any atom is 0.127 e. The second-order valence-corrected chi connectivity index (χ2v) is 7.84. The molecule has 0 fully saturated rings. The van der Waals surface area contributed by atoms with E-state index in [1.807, 2.05) is 0 Å². The predicted molar refractivity (Wildman–Crippen MR) is 117 cm³/mol. The fraction of sp³-hybridized carbons (Fsp3) is 0.400. The van der Waals surface area contributed by atoms with Gasteiger partial charge in [0.05, 0.1) is 0 Å². The molecule has 3 heteroatoms. The van der Waals surface area contributed by atoms with E-state index in [0.29, 0.717) is 0 Å². The molecule has 0 unspecified atom stereocenters. The highest BCUT2D eigenvalue weighted by Gasteiger charge is 2.00. The molecule has 0 amide bonds. The van der Waals surface area contributed by atoms with E-state index in [-0.39, 0.29) is 0 Å². The zero-order valence-corrected chi connectivity index (χ0v) is 17.8. The van der Waals surface area contributed by atoms with Gasteiger partial charge in [0.25, 0.3) is 0 Å². The van der Waals surface area contributed by atoms with Crippen LogP contribution in [0.1, 0.15) is 36.8 Å². The van der Waals surface area contributed by atoms with Crippen LogP contribution < -0.4 is 4.74 Å². The monoisotopic (exact) mass is 534 g/mol. The molecule has 23 heavy (non-hydrogen) atoms. The fourth-order valence-electron chi connectivity index (χ4n) is 2.43. The Labute approximate surface area is 167 Å². The number of rotatable bonds is 10. The van der Waals surface area contributed by atoms with Crippen LogP contribution in [0.5, 0.6) is 11.5 Å². The molecule has 1 nitrogen and oxygen atoms in total. The first-order valence-corrected chi connectivity index (χ1v) is 11.3. The molecular formula is C20H24I2O. The van der Waals surface area contributed by atoms with Crippen molar-refractivity contribution >= 4 is 45.2 Å². The van der Waals surface area contributed by atoms with E-state index in [1.54, 1.807) is 0 Å². The van der Waals surface area contributed by atoms with E-state index in [4.69, 9.17) is 4.74 Å². The van der Waals surface area contributed by atoms with Crippen molar-refractivity contribution < 1.29 is 4.74 Å². The highest BCUT2D eigenvalue weighted by Crippen LogP contribution is 2.23. The van der Waals surface area contributed by atoms with Crippen molar-refractivity contribution in [2.75, 3.05) is 8.86 Å². The first-order chi connectivity index (χ1) is 11.3. The molecule has 0 N–H and O–H groups in total. The topological polar surface area (TPSA) is 9.23 Å². The maximum absolute atomic E-state index is 5.94. The van der Waals surface area contributed by atoms with Crippen LogP contribution in [0.3, 0.4) is 0 Å². The smallest absolute Gasteiger partial charge is 0.127 e. The van der Waals surface area contributed by atoms with E-state index in [0.717, 1.165) is 24.3 Å². The molecule has 0 radical (unpaired) electrons. The minimum absolute atomic E-state index is 0.917. The maximum atomic E-state index is 5.94. The third-order valence-electron chi connectivity index (χ3n) is 3.78. The lowest BCUT2D eigenvalue weighted by Gasteiger charge is -2.08. The highest BCUT2D eigenvalue weighted by atomic mass is 127. The summed E-state index contributed by atoms with van der Waals surface area (Å²) in [7, 11) is 0. The summed E-state index contributed by atoms with van der Waals surface area (Å²) in [5.74, 6) is 1.83. The summed E-state index contributed by atoms with van der Waals surface area (Å²) in [5.41, 5.74) is 2.79. The summed E-state index contributed by atoms with van der Waals surface area (Å²) in [5, 5.41) is 0. The molecule has 0 aliphatic carbocycles. The van der Waals surface area contributed by atoms with E-state index in [1.165, 1.54) is 45.7 Å². The van der Waals surface area contributed by atoms with Gasteiger partial charge in [-0.25, -0.2) is 0 Å². The van der Waals surface area contributed by atoms with Crippen molar-refractivity contribution in [2.24, 2.45) is 0 Å². The molecular weight excluding hydrogens is 510 g/mol. The van der Waals surface area contributed by atoms with Gasteiger partial charge in [-0.1, -0.05) is 69.4 Å². The lowest BCUT2D eigenvalue weighted by molar-refractivity contribution is 0.482. The van der Waals surface area contributed by atoms with E-state index >= 15 is 0 Å². The summed E-state index contributed by atoms with van der Waals surface area (Å²) in [6, 6.07) is 17.0. The largest absolute Gasteiger partial charge is 0.457 e. The Kier molecular flexibility index (Phi) is 9.34. The SMILES string of the molecule is ICCCCc1ccc(Oc2ccc(CCCCI)cc2)cc1. The van der Waals surface area contributed by atoms with Gasteiger partial charge in [-0.2, -0.15) is 0 Å². The Balaban J connectivity index is 1.84. The molecule has 0 aromatic heterocycles. The van der Waals surface area contributed by atoms with Crippen LogP contribution in [0, 0.1) is 0 Å². The van der Waals surface area contributed by atoms with Crippen LogP contribution in [0.4, 0.5) is 0 Å². The second-order valence-electron chi connectivity index (χ2n) is 5.68. The molecule has 0 atom stereocenters. The molecule has 0 bridgehead atoms. The lowest BCUT2D eigenvalue weighted by Crippen LogP contribution is -1.89. The van der Waals surface area contributed by atoms with E-state index in [2.05, 4.69) is 93.7 Å². The first-order valence-electron chi connectivity index (χ1n) is 8.29. The second kappa shape index (κ2) is 11.3. The molecule has 0 aliphatic heterocycles. The third kappa shape index (κ3) is 7.42. The van der Waals surface area contributed by atoms with Crippen molar-refractivity contribution in [3.8, 4) is 11.5 Å².